The van der Waals surface area contributed by atoms with Crippen LogP contribution < -0.4 is 5.32 Å². The van der Waals surface area contributed by atoms with Crippen LogP contribution >= 0.6 is 11.6 Å². The predicted molar refractivity (Wildman–Crippen MR) is 43.5 cm³/mol. The van der Waals surface area contributed by atoms with Gasteiger partial charge in [0.15, 0.2) is 0 Å². The van der Waals surface area contributed by atoms with Crippen LogP contribution in [-0.2, 0) is 0 Å². The average molecular weight is 157 g/mol. The number of rotatable bonds is 1. The Labute approximate surface area is 65.2 Å². The van der Waals surface area contributed by atoms with Gasteiger partial charge in [-0.1, -0.05) is 11.6 Å². The van der Waals surface area contributed by atoms with Crippen molar-refractivity contribution >= 4 is 17.4 Å². The van der Waals surface area contributed by atoms with Crippen molar-refractivity contribution in [3.63, 3.8) is 0 Å². The van der Waals surface area contributed by atoms with E-state index >= 15 is 0 Å². The fraction of sp³-hybridized carbons (Fsp3) is 0.286. The molecule has 54 valence electrons. The quantitative estimate of drug-likeness (QED) is 0.630. The SMILES string of the molecule is CNc1cc(C)cc(Cl)n1. The summed E-state index contributed by atoms with van der Waals surface area (Å²) in [5, 5.41) is 3.44. The molecular formula is C7H9ClN2. The topological polar surface area (TPSA) is 24.9 Å². The minimum atomic E-state index is 0.532. The Morgan fingerprint density at radius 1 is 1.50 bits per heavy atom. The molecule has 1 aromatic heterocycles. The summed E-state index contributed by atoms with van der Waals surface area (Å²) < 4.78 is 0. The number of anilines is 1. The molecule has 0 aliphatic rings. The first-order valence-corrected chi connectivity index (χ1v) is 3.42. The number of hydrogen-bond acceptors (Lipinski definition) is 2. The summed E-state index contributed by atoms with van der Waals surface area (Å²) in [5.41, 5.74) is 1.12. The zero-order chi connectivity index (χ0) is 7.56. The lowest BCUT2D eigenvalue weighted by molar-refractivity contribution is 1.26. The molecule has 1 rings (SSSR count). The van der Waals surface area contributed by atoms with Crippen molar-refractivity contribution in [2.75, 3.05) is 12.4 Å². The van der Waals surface area contributed by atoms with E-state index in [0.717, 1.165) is 11.4 Å². The van der Waals surface area contributed by atoms with Crippen LogP contribution in [0.3, 0.4) is 0 Å². The number of nitrogens with one attached hydrogen (secondary N) is 1. The Balaban J connectivity index is 3.06. The van der Waals surface area contributed by atoms with E-state index in [1.165, 1.54) is 0 Å². The molecular weight excluding hydrogens is 148 g/mol. The molecule has 0 amide bonds. The van der Waals surface area contributed by atoms with Crippen LogP contribution in [0.2, 0.25) is 5.15 Å². The summed E-state index contributed by atoms with van der Waals surface area (Å²) in [6, 6.07) is 3.76. The predicted octanol–water partition coefficient (Wildman–Crippen LogP) is 2.09. The Morgan fingerprint density at radius 2 is 2.20 bits per heavy atom. The fourth-order valence-electron chi connectivity index (χ4n) is 0.753. The first kappa shape index (κ1) is 7.35. The zero-order valence-corrected chi connectivity index (χ0v) is 6.74. The van der Waals surface area contributed by atoms with E-state index in [2.05, 4.69) is 10.3 Å². The third-order valence-corrected chi connectivity index (χ3v) is 1.39. The molecule has 0 saturated carbocycles. The highest BCUT2D eigenvalue weighted by atomic mass is 35.5. The lowest BCUT2D eigenvalue weighted by atomic mass is 10.3. The maximum absolute atomic E-state index is 5.68. The molecule has 0 atom stereocenters. The molecule has 10 heavy (non-hydrogen) atoms. The number of halogens is 1. The van der Waals surface area contributed by atoms with Gasteiger partial charge in [0.05, 0.1) is 0 Å². The van der Waals surface area contributed by atoms with E-state index in [4.69, 9.17) is 11.6 Å². The second kappa shape index (κ2) is 2.88. The van der Waals surface area contributed by atoms with Crippen molar-refractivity contribution in [3.05, 3.63) is 22.8 Å². The highest BCUT2D eigenvalue weighted by Gasteiger charge is 1.93. The molecule has 1 heterocycles. The molecule has 0 unspecified atom stereocenters. The molecule has 2 nitrogen and oxygen atoms in total. The van der Waals surface area contributed by atoms with E-state index < -0.39 is 0 Å². The van der Waals surface area contributed by atoms with Gasteiger partial charge in [-0.2, -0.15) is 0 Å². The summed E-state index contributed by atoms with van der Waals surface area (Å²) in [6.07, 6.45) is 0. The van der Waals surface area contributed by atoms with Gasteiger partial charge < -0.3 is 5.32 Å². The van der Waals surface area contributed by atoms with Gasteiger partial charge in [0.25, 0.3) is 0 Å². The van der Waals surface area contributed by atoms with Crippen molar-refractivity contribution in [3.8, 4) is 0 Å². The van der Waals surface area contributed by atoms with E-state index in [-0.39, 0.29) is 0 Å². The van der Waals surface area contributed by atoms with E-state index in [1.54, 1.807) is 0 Å². The Hall–Kier alpha value is -0.760. The van der Waals surface area contributed by atoms with Crippen LogP contribution in [0.1, 0.15) is 5.56 Å². The molecule has 0 fully saturated rings. The van der Waals surface area contributed by atoms with Crippen LogP contribution in [0.25, 0.3) is 0 Å². The first-order valence-electron chi connectivity index (χ1n) is 3.04. The lowest BCUT2D eigenvalue weighted by Gasteiger charge is -1.99. The minimum absolute atomic E-state index is 0.532. The third-order valence-electron chi connectivity index (χ3n) is 1.19. The van der Waals surface area contributed by atoms with Crippen molar-refractivity contribution < 1.29 is 0 Å². The summed E-state index contributed by atoms with van der Waals surface area (Å²) in [4.78, 5) is 4.01. The number of pyridine rings is 1. The standard InChI is InChI=1S/C7H9ClN2/c1-5-3-6(8)10-7(4-5)9-2/h3-4H,1-2H3,(H,9,10). The molecule has 1 N–H and O–H groups in total. The first-order chi connectivity index (χ1) is 4.72. The normalized spacial score (nSPS) is 9.50. The summed E-state index contributed by atoms with van der Waals surface area (Å²) in [5.74, 6) is 0.810. The Kier molecular flexibility index (Phi) is 2.12. The number of nitrogens with zero attached hydrogens (tertiary/aromatic N) is 1. The van der Waals surface area contributed by atoms with Gasteiger partial charge in [0.2, 0.25) is 0 Å². The average Bonchev–Trinajstić information content (AvgIpc) is 1.85. The van der Waals surface area contributed by atoms with Gasteiger partial charge >= 0.3 is 0 Å². The van der Waals surface area contributed by atoms with Gasteiger partial charge in [-0.15, -0.1) is 0 Å². The van der Waals surface area contributed by atoms with E-state index in [1.807, 2.05) is 26.1 Å². The lowest BCUT2D eigenvalue weighted by Crippen LogP contribution is -1.92. The maximum atomic E-state index is 5.68. The van der Waals surface area contributed by atoms with Crippen LogP contribution in [0.4, 0.5) is 5.82 Å². The van der Waals surface area contributed by atoms with Crippen LogP contribution in [0.5, 0.6) is 0 Å². The Bertz CT molecular complexity index is 215. The molecule has 0 aromatic carbocycles. The van der Waals surface area contributed by atoms with Crippen molar-refractivity contribution in [2.24, 2.45) is 0 Å². The van der Waals surface area contributed by atoms with Crippen molar-refractivity contribution in [1.29, 1.82) is 0 Å². The van der Waals surface area contributed by atoms with Crippen molar-refractivity contribution in [2.45, 2.75) is 6.92 Å². The fourth-order valence-corrected chi connectivity index (χ4v) is 1.02. The monoisotopic (exact) mass is 156 g/mol. The Morgan fingerprint density at radius 3 is 2.70 bits per heavy atom. The largest absolute Gasteiger partial charge is 0.373 e. The van der Waals surface area contributed by atoms with E-state index in [0.29, 0.717) is 5.15 Å². The molecule has 0 radical (unpaired) electrons. The van der Waals surface area contributed by atoms with Crippen molar-refractivity contribution in [1.82, 2.24) is 4.98 Å². The molecule has 3 heteroatoms. The van der Waals surface area contributed by atoms with Gasteiger partial charge in [0.1, 0.15) is 11.0 Å². The minimum Gasteiger partial charge on any atom is -0.373 e. The summed E-state index contributed by atoms with van der Waals surface area (Å²) >= 11 is 5.68. The number of aryl methyl sites for hydroxylation is 1. The van der Waals surface area contributed by atoms with Crippen LogP contribution in [-0.4, -0.2) is 12.0 Å². The molecule has 0 saturated heterocycles. The molecule has 0 spiro atoms. The van der Waals surface area contributed by atoms with E-state index in [9.17, 15) is 0 Å². The number of hydrogen-bond donors (Lipinski definition) is 1. The number of aromatic nitrogens is 1. The highest BCUT2D eigenvalue weighted by Crippen LogP contribution is 2.12. The zero-order valence-electron chi connectivity index (χ0n) is 5.98. The smallest absolute Gasteiger partial charge is 0.131 e. The summed E-state index contributed by atoms with van der Waals surface area (Å²) in [6.45, 7) is 1.98. The second-order valence-corrected chi connectivity index (χ2v) is 2.49. The van der Waals surface area contributed by atoms with Gasteiger partial charge in [-0.05, 0) is 24.6 Å². The van der Waals surface area contributed by atoms with Gasteiger partial charge in [-0.3, -0.25) is 0 Å². The molecule has 0 bridgehead atoms. The molecule has 0 aliphatic heterocycles. The van der Waals surface area contributed by atoms with Gasteiger partial charge in [-0.25, -0.2) is 4.98 Å². The highest BCUT2D eigenvalue weighted by molar-refractivity contribution is 6.29. The van der Waals surface area contributed by atoms with Crippen LogP contribution in [0.15, 0.2) is 12.1 Å². The maximum Gasteiger partial charge on any atom is 0.131 e. The molecule has 0 aliphatic carbocycles. The third kappa shape index (κ3) is 1.61. The summed E-state index contributed by atoms with van der Waals surface area (Å²) in [7, 11) is 1.82. The van der Waals surface area contributed by atoms with Gasteiger partial charge in [0, 0.05) is 7.05 Å². The molecule has 1 aromatic rings. The van der Waals surface area contributed by atoms with Crippen LogP contribution in [0, 0.1) is 6.92 Å². The second-order valence-electron chi connectivity index (χ2n) is 2.10.